The number of aryl methyl sites for hydroxylation is 1. The predicted octanol–water partition coefficient (Wildman–Crippen LogP) is 3.98. The van der Waals surface area contributed by atoms with Gasteiger partial charge in [-0.05, 0) is 31.2 Å². The zero-order valence-electron chi connectivity index (χ0n) is 10.4. The van der Waals surface area contributed by atoms with Gasteiger partial charge in [0, 0.05) is 16.3 Å². The SMILES string of the molecule is Cc1cccc(NC(=O)CSCc2ccc(Cl)s2)n1. The number of carbonyl (C=O) groups excluding carboxylic acids is 1. The van der Waals surface area contributed by atoms with E-state index < -0.39 is 0 Å². The second kappa shape index (κ2) is 6.93. The van der Waals surface area contributed by atoms with Crippen LogP contribution in [0, 0.1) is 6.92 Å². The van der Waals surface area contributed by atoms with Crippen molar-refractivity contribution in [2.24, 2.45) is 0 Å². The summed E-state index contributed by atoms with van der Waals surface area (Å²) in [5.41, 5.74) is 0.888. The lowest BCUT2D eigenvalue weighted by Gasteiger charge is -2.04. The Balaban J connectivity index is 1.76. The van der Waals surface area contributed by atoms with Gasteiger partial charge >= 0.3 is 0 Å². The third-order valence-electron chi connectivity index (χ3n) is 2.26. The van der Waals surface area contributed by atoms with Crippen molar-refractivity contribution in [3.8, 4) is 0 Å². The third-order valence-corrected chi connectivity index (χ3v) is 4.66. The lowest BCUT2D eigenvalue weighted by molar-refractivity contribution is -0.113. The number of nitrogens with zero attached hydrogens (tertiary/aromatic N) is 1. The molecule has 0 aliphatic heterocycles. The molecule has 0 fully saturated rings. The van der Waals surface area contributed by atoms with Crippen LogP contribution in [0.2, 0.25) is 4.34 Å². The summed E-state index contributed by atoms with van der Waals surface area (Å²) in [6, 6.07) is 9.41. The number of carbonyl (C=O) groups is 1. The summed E-state index contributed by atoms with van der Waals surface area (Å²) >= 11 is 8.95. The Labute approximate surface area is 125 Å². The van der Waals surface area contributed by atoms with E-state index in [0.717, 1.165) is 15.8 Å². The highest BCUT2D eigenvalue weighted by Crippen LogP contribution is 2.25. The van der Waals surface area contributed by atoms with Crippen LogP contribution in [0.25, 0.3) is 0 Å². The summed E-state index contributed by atoms with van der Waals surface area (Å²) < 4.78 is 0.781. The normalized spacial score (nSPS) is 10.4. The van der Waals surface area contributed by atoms with E-state index >= 15 is 0 Å². The minimum Gasteiger partial charge on any atom is -0.310 e. The first-order valence-corrected chi connectivity index (χ1v) is 8.04. The van der Waals surface area contributed by atoms with Crippen molar-refractivity contribution >= 4 is 46.4 Å². The van der Waals surface area contributed by atoms with Gasteiger partial charge < -0.3 is 5.32 Å². The molecule has 2 aromatic heterocycles. The number of halogens is 1. The smallest absolute Gasteiger partial charge is 0.235 e. The highest BCUT2D eigenvalue weighted by Gasteiger charge is 2.05. The average molecular weight is 313 g/mol. The second-order valence-electron chi connectivity index (χ2n) is 3.91. The largest absolute Gasteiger partial charge is 0.310 e. The average Bonchev–Trinajstić information content (AvgIpc) is 2.75. The van der Waals surface area contributed by atoms with Gasteiger partial charge in [0.15, 0.2) is 0 Å². The molecule has 0 spiro atoms. The molecular formula is C13H13ClN2OS2. The number of rotatable bonds is 5. The topological polar surface area (TPSA) is 42.0 Å². The Hall–Kier alpha value is -1.04. The number of pyridine rings is 1. The Kier molecular flexibility index (Phi) is 5.24. The summed E-state index contributed by atoms with van der Waals surface area (Å²) in [5.74, 6) is 1.77. The van der Waals surface area contributed by atoms with E-state index in [2.05, 4.69) is 10.3 Å². The number of hydrogen-bond acceptors (Lipinski definition) is 4. The van der Waals surface area contributed by atoms with Gasteiger partial charge in [0.05, 0.1) is 10.1 Å². The van der Waals surface area contributed by atoms with Crippen LogP contribution in [0.3, 0.4) is 0 Å². The molecule has 1 N–H and O–H groups in total. The molecule has 2 heterocycles. The Morgan fingerprint density at radius 1 is 1.42 bits per heavy atom. The van der Waals surface area contributed by atoms with Crippen LogP contribution < -0.4 is 5.32 Å². The van der Waals surface area contributed by atoms with Crippen molar-refractivity contribution in [3.63, 3.8) is 0 Å². The van der Waals surface area contributed by atoms with Crippen LogP contribution >= 0.6 is 34.7 Å². The molecule has 0 atom stereocenters. The van der Waals surface area contributed by atoms with Crippen LogP contribution in [0.1, 0.15) is 10.6 Å². The molecule has 19 heavy (non-hydrogen) atoms. The number of amides is 1. The molecule has 2 rings (SSSR count). The maximum atomic E-state index is 11.7. The van der Waals surface area contributed by atoms with Crippen molar-refractivity contribution in [3.05, 3.63) is 45.2 Å². The fourth-order valence-corrected chi connectivity index (χ4v) is 3.49. The minimum atomic E-state index is -0.0363. The molecule has 0 saturated carbocycles. The number of thioether (sulfide) groups is 1. The number of thiophene rings is 1. The van der Waals surface area contributed by atoms with E-state index in [0.29, 0.717) is 11.6 Å². The Morgan fingerprint density at radius 2 is 2.26 bits per heavy atom. The van der Waals surface area contributed by atoms with Crippen LogP contribution in [0.15, 0.2) is 30.3 Å². The zero-order valence-corrected chi connectivity index (χ0v) is 12.7. The number of hydrogen-bond donors (Lipinski definition) is 1. The van der Waals surface area contributed by atoms with Gasteiger partial charge in [0.1, 0.15) is 5.82 Å². The van der Waals surface area contributed by atoms with Gasteiger partial charge in [0.2, 0.25) is 5.91 Å². The van der Waals surface area contributed by atoms with Gasteiger partial charge in [-0.15, -0.1) is 23.1 Å². The van der Waals surface area contributed by atoms with Crippen LogP contribution in [-0.2, 0) is 10.5 Å². The van der Waals surface area contributed by atoms with E-state index in [-0.39, 0.29) is 5.91 Å². The molecule has 0 aliphatic rings. The lowest BCUT2D eigenvalue weighted by Crippen LogP contribution is -2.15. The van der Waals surface area contributed by atoms with Crippen molar-refractivity contribution in [1.82, 2.24) is 4.98 Å². The van der Waals surface area contributed by atoms with Gasteiger partial charge in [-0.2, -0.15) is 0 Å². The van der Waals surface area contributed by atoms with E-state index in [1.165, 1.54) is 4.88 Å². The molecule has 100 valence electrons. The van der Waals surface area contributed by atoms with Crippen molar-refractivity contribution in [2.45, 2.75) is 12.7 Å². The second-order valence-corrected chi connectivity index (χ2v) is 6.70. The van der Waals surface area contributed by atoms with E-state index in [9.17, 15) is 4.79 Å². The third kappa shape index (κ3) is 4.86. The Bertz CT molecular complexity index is 571. The molecule has 0 radical (unpaired) electrons. The molecule has 0 aromatic carbocycles. The van der Waals surface area contributed by atoms with Crippen molar-refractivity contribution in [2.75, 3.05) is 11.1 Å². The number of nitrogens with one attached hydrogen (secondary N) is 1. The van der Waals surface area contributed by atoms with Gasteiger partial charge in [-0.1, -0.05) is 17.7 Å². The summed E-state index contributed by atoms with van der Waals surface area (Å²) in [5, 5.41) is 2.78. The number of anilines is 1. The first kappa shape index (κ1) is 14.4. The summed E-state index contributed by atoms with van der Waals surface area (Å²) in [7, 11) is 0. The molecular weight excluding hydrogens is 300 g/mol. The van der Waals surface area contributed by atoms with Gasteiger partial charge in [0.25, 0.3) is 0 Å². The van der Waals surface area contributed by atoms with E-state index in [1.54, 1.807) is 29.2 Å². The van der Waals surface area contributed by atoms with Crippen molar-refractivity contribution < 1.29 is 4.79 Å². The van der Waals surface area contributed by atoms with Crippen molar-refractivity contribution in [1.29, 1.82) is 0 Å². The maximum absolute atomic E-state index is 11.7. The van der Waals surface area contributed by atoms with Crippen LogP contribution in [0.4, 0.5) is 5.82 Å². The Morgan fingerprint density at radius 3 is 2.95 bits per heavy atom. The summed E-state index contributed by atoms with van der Waals surface area (Å²) in [6.07, 6.45) is 0. The molecule has 6 heteroatoms. The molecule has 2 aromatic rings. The first-order chi connectivity index (χ1) is 9.13. The predicted molar refractivity (Wildman–Crippen MR) is 83.1 cm³/mol. The zero-order chi connectivity index (χ0) is 13.7. The van der Waals surface area contributed by atoms with E-state index in [4.69, 9.17) is 11.6 Å². The summed E-state index contributed by atoms with van der Waals surface area (Å²) in [4.78, 5) is 17.1. The first-order valence-electron chi connectivity index (χ1n) is 5.69. The maximum Gasteiger partial charge on any atom is 0.235 e. The molecule has 0 bridgehead atoms. The molecule has 0 aliphatic carbocycles. The molecule has 3 nitrogen and oxygen atoms in total. The van der Waals surface area contributed by atoms with Gasteiger partial charge in [-0.3, -0.25) is 4.79 Å². The highest BCUT2D eigenvalue weighted by molar-refractivity contribution is 7.99. The highest BCUT2D eigenvalue weighted by atomic mass is 35.5. The fraction of sp³-hybridized carbons (Fsp3) is 0.231. The van der Waals surface area contributed by atoms with E-state index in [1.807, 2.05) is 31.2 Å². The van der Waals surface area contributed by atoms with Gasteiger partial charge in [-0.25, -0.2) is 4.98 Å². The number of aromatic nitrogens is 1. The lowest BCUT2D eigenvalue weighted by atomic mass is 10.4. The monoisotopic (exact) mass is 312 g/mol. The minimum absolute atomic E-state index is 0.0363. The molecule has 0 unspecified atom stereocenters. The fourth-order valence-electron chi connectivity index (χ4n) is 1.47. The van der Waals surface area contributed by atoms with Crippen LogP contribution in [-0.4, -0.2) is 16.6 Å². The van der Waals surface area contributed by atoms with Crippen LogP contribution in [0.5, 0.6) is 0 Å². The quantitative estimate of drug-likeness (QED) is 0.908. The molecule has 0 saturated heterocycles. The summed E-state index contributed by atoms with van der Waals surface area (Å²) in [6.45, 7) is 1.89. The standard InChI is InChI=1S/C13H13ClN2OS2/c1-9-3-2-4-12(15-9)16-13(17)8-18-7-10-5-6-11(14)19-10/h2-6H,7-8H2,1H3,(H,15,16,17). The molecule has 1 amide bonds.